The number of carbonyl (C=O) groups excluding carboxylic acids is 1. The average molecular weight is 351 g/mol. The number of hydrogen-bond donors (Lipinski definition) is 0. The molecule has 1 aliphatic heterocycles. The van der Waals surface area contributed by atoms with Crippen LogP contribution in [-0.4, -0.2) is 26.9 Å². The minimum Gasteiger partial charge on any atom is -0.441 e. The lowest BCUT2D eigenvalue weighted by Crippen LogP contribution is -2.35. The van der Waals surface area contributed by atoms with Gasteiger partial charge in [-0.1, -0.05) is 25.0 Å². The Morgan fingerprint density at radius 3 is 2.88 bits per heavy atom. The van der Waals surface area contributed by atoms with Gasteiger partial charge < -0.3 is 13.9 Å². The minimum atomic E-state index is 0.175. The van der Waals surface area contributed by atoms with Crippen molar-refractivity contribution in [1.82, 2.24) is 14.5 Å². The van der Waals surface area contributed by atoms with Gasteiger partial charge in [-0.2, -0.15) is 0 Å². The van der Waals surface area contributed by atoms with E-state index in [0.29, 0.717) is 18.7 Å². The molecule has 0 aliphatic carbocycles. The summed E-state index contributed by atoms with van der Waals surface area (Å²) in [5.41, 5.74) is 2.86. The summed E-state index contributed by atoms with van der Waals surface area (Å²) in [6, 6.07) is 12.1. The van der Waals surface area contributed by atoms with Crippen molar-refractivity contribution in [2.75, 3.05) is 6.54 Å². The molecular weight excluding hydrogens is 326 g/mol. The molecule has 5 heteroatoms. The van der Waals surface area contributed by atoms with Crippen molar-refractivity contribution in [3.8, 4) is 0 Å². The molecular formula is C21H25N3O2. The Balaban J connectivity index is 1.48. The molecule has 1 unspecified atom stereocenters. The van der Waals surface area contributed by atoms with E-state index in [0.717, 1.165) is 30.5 Å². The first kappa shape index (κ1) is 16.9. The molecule has 3 aromatic rings. The molecule has 3 heterocycles. The van der Waals surface area contributed by atoms with Gasteiger partial charge in [-0.3, -0.25) is 4.79 Å². The molecule has 0 spiro atoms. The van der Waals surface area contributed by atoms with E-state index in [1.807, 2.05) is 24.3 Å². The predicted octanol–water partition coefficient (Wildman–Crippen LogP) is 4.24. The van der Waals surface area contributed by atoms with Crippen LogP contribution in [0.4, 0.5) is 0 Å². The van der Waals surface area contributed by atoms with Crippen molar-refractivity contribution in [1.29, 1.82) is 0 Å². The molecule has 1 atom stereocenters. The summed E-state index contributed by atoms with van der Waals surface area (Å²) in [5, 5.41) is 0. The first-order chi connectivity index (χ1) is 12.7. The number of hydrogen-bond acceptors (Lipinski definition) is 3. The van der Waals surface area contributed by atoms with E-state index in [-0.39, 0.29) is 11.9 Å². The summed E-state index contributed by atoms with van der Waals surface area (Å²) in [5.74, 6) is 0.838. The van der Waals surface area contributed by atoms with Crippen LogP contribution in [0.2, 0.25) is 0 Å². The van der Waals surface area contributed by atoms with Crippen molar-refractivity contribution < 1.29 is 9.21 Å². The summed E-state index contributed by atoms with van der Waals surface area (Å²) in [7, 11) is 2.06. The van der Waals surface area contributed by atoms with Gasteiger partial charge in [0.25, 0.3) is 0 Å². The third-order valence-electron chi connectivity index (χ3n) is 5.29. The lowest BCUT2D eigenvalue weighted by molar-refractivity contribution is -0.133. The third kappa shape index (κ3) is 3.39. The second-order valence-corrected chi connectivity index (χ2v) is 7.07. The number of oxazole rings is 1. The van der Waals surface area contributed by atoms with Gasteiger partial charge in [0.05, 0.1) is 6.04 Å². The Morgan fingerprint density at radius 1 is 1.19 bits per heavy atom. The van der Waals surface area contributed by atoms with Gasteiger partial charge >= 0.3 is 0 Å². The zero-order valence-corrected chi connectivity index (χ0v) is 15.2. The maximum absolute atomic E-state index is 13.0. The Hall–Kier alpha value is -2.56. The second kappa shape index (κ2) is 7.36. The van der Waals surface area contributed by atoms with Crippen molar-refractivity contribution in [2.45, 2.75) is 44.6 Å². The van der Waals surface area contributed by atoms with E-state index in [9.17, 15) is 4.79 Å². The van der Waals surface area contributed by atoms with E-state index in [4.69, 9.17) is 4.42 Å². The first-order valence-corrected chi connectivity index (χ1v) is 9.47. The lowest BCUT2D eigenvalue weighted by Gasteiger charge is -2.30. The van der Waals surface area contributed by atoms with Gasteiger partial charge in [-0.05, 0) is 37.1 Å². The van der Waals surface area contributed by atoms with Gasteiger partial charge in [-0.15, -0.1) is 0 Å². The highest BCUT2D eigenvalue weighted by molar-refractivity contribution is 5.77. The van der Waals surface area contributed by atoms with Crippen LogP contribution in [0.1, 0.15) is 49.7 Å². The summed E-state index contributed by atoms with van der Waals surface area (Å²) in [4.78, 5) is 19.6. The fraction of sp³-hybridized carbons (Fsp3) is 0.429. The van der Waals surface area contributed by atoms with Crippen molar-refractivity contribution in [3.05, 3.63) is 54.2 Å². The number of aromatic nitrogens is 2. The highest BCUT2D eigenvalue weighted by atomic mass is 16.3. The van der Waals surface area contributed by atoms with E-state index in [2.05, 4.69) is 39.8 Å². The number of fused-ring (bicyclic) bond motifs is 1. The molecule has 1 aliphatic rings. The topological polar surface area (TPSA) is 51.3 Å². The molecule has 5 nitrogen and oxygen atoms in total. The van der Waals surface area contributed by atoms with Crippen LogP contribution < -0.4 is 0 Å². The average Bonchev–Trinajstić information content (AvgIpc) is 3.18. The molecule has 4 rings (SSSR count). The van der Waals surface area contributed by atoms with Crippen molar-refractivity contribution in [2.24, 2.45) is 7.05 Å². The van der Waals surface area contributed by atoms with Crippen LogP contribution in [0.5, 0.6) is 0 Å². The maximum atomic E-state index is 13.0. The molecule has 1 aromatic carbocycles. The molecule has 0 saturated carbocycles. The number of rotatable bonds is 4. The fourth-order valence-electron chi connectivity index (χ4n) is 3.92. The summed E-state index contributed by atoms with van der Waals surface area (Å²) >= 11 is 0. The van der Waals surface area contributed by atoms with E-state index in [1.165, 1.54) is 18.5 Å². The SMILES string of the molecule is Cn1cccc1C1CCCCCN1C(=O)CCc1nc2ccccc2o1. The van der Waals surface area contributed by atoms with E-state index < -0.39 is 0 Å². The maximum Gasteiger partial charge on any atom is 0.223 e. The molecule has 0 radical (unpaired) electrons. The van der Waals surface area contributed by atoms with Gasteiger partial charge in [0.15, 0.2) is 11.5 Å². The molecule has 0 N–H and O–H groups in total. The highest BCUT2D eigenvalue weighted by Gasteiger charge is 2.28. The molecule has 0 bridgehead atoms. The van der Waals surface area contributed by atoms with Crippen LogP contribution in [0, 0.1) is 0 Å². The zero-order chi connectivity index (χ0) is 17.9. The minimum absolute atomic E-state index is 0.175. The van der Waals surface area contributed by atoms with Crippen LogP contribution in [0.3, 0.4) is 0 Å². The Morgan fingerprint density at radius 2 is 2.08 bits per heavy atom. The van der Waals surface area contributed by atoms with E-state index in [1.54, 1.807) is 0 Å². The number of benzene rings is 1. The van der Waals surface area contributed by atoms with Crippen molar-refractivity contribution >= 4 is 17.0 Å². The molecule has 1 fully saturated rings. The zero-order valence-electron chi connectivity index (χ0n) is 15.2. The lowest BCUT2D eigenvalue weighted by atomic mass is 10.1. The van der Waals surface area contributed by atoms with Gasteiger partial charge in [-0.25, -0.2) is 4.98 Å². The summed E-state index contributed by atoms with van der Waals surface area (Å²) < 4.78 is 7.90. The molecule has 1 amide bonds. The number of likely N-dealkylation sites (tertiary alicyclic amines) is 1. The van der Waals surface area contributed by atoms with Crippen LogP contribution >= 0.6 is 0 Å². The summed E-state index contributed by atoms with van der Waals surface area (Å²) in [6.45, 7) is 0.836. The molecule has 1 saturated heterocycles. The number of nitrogens with zero attached hydrogens (tertiary/aromatic N) is 3. The van der Waals surface area contributed by atoms with Gasteiger partial charge in [0, 0.05) is 38.3 Å². The Kier molecular flexibility index (Phi) is 4.78. The first-order valence-electron chi connectivity index (χ1n) is 9.47. The van der Waals surface area contributed by atoms with Gasteiger partial charge in [0.2, 0.25) is 5.91 Å². The number of amides is 1. The van der Waals surface area contributed by atoms with Crippen LogP contribution in [-0.2, 0) is 18.3 Å². The monoisotopic (exact) mass is 351 g/mol. The Labute approximate surface area is 153 Å². The highest BCUT2D eigenvalue weighted by Crippen LogP contribution is 2.31. The molecule has 136 valence electrons. The van der Waals surface area contributed by atoms with Gasteiger partial charge in [0.1, 0.15) is 5.52 Å². The molecule has 2 aromatic heterocycles. The standard InChI is InChI=1S/C21H25N3O2/c1-23-14-7-10-17(23)18-9-3-2-6-15-24(18)21(25)13-12-20-22-16-8-4-5-11-19(16)26-20/h4-5,7-8,10-11,14,18H,2-3,6,9,12-13,15H2,1H3. The van der Waals surface area contributed by atoms with E-state index >= 15 is 0 Å². The number of aryl methyl sites for hydroxylation is 2. The van der Waals surface area contributed by atoms with Crippen molar-refractivity contribution in [3.63, 3.8) is 0 Å². The second-order valence-electron chi connectivity index (χ2n) is 7.07. The molecule has 26 heavy (non-hydrogen) atoms. The predicted molar refractivity (Wildman–Crippen MR) is 101 cm³/mol. The summed E-state index contributed by atoms with van der Waals surface area (Å²) in [6.07, 6.45) is 7.52. The van der Waals surface area contributed by atoms with Crippen LogP contribution in [0.25, 0.3) is 11.1 Å². The normalized spacial score (nSPS) is 18.2. The quantitative estimate of drug-likeness (QED) is 0.706. The number of carbonyl (C=O) groups is 1. The number of para-hydroxylation sites is 2. The van der Waals surface area contributed by atoms with Crippen LogP contribution in [0.15, 0.2) is 47.0 Å². The largest absolute Gasteiger partial charge is 0.441 e. The fourth-order valence-corrected chi connectivity index (χ4v) is 3.92. The Bertz CT molecular complexity index is 862. The smallest absolute Gasteiger partial charge is 0.223 e. The third-order valence-corrected chi connectivity index (χ3v) is 5.29.